The van der Waals surface area contributed by atoms with Crippen molar-refractivity contribution in [2.75, 3.05) is 0 Å². The summed E-state index contributed by atoms with van der Waals surface area (Å²) in [6.45, 7) is 0. The fourth-order valence-corrected chi connectivity index (χ4v) is 2.63. The van der Waals surface area contributed by atoms with Gasteiger partial charge >= 0.3 is 12.1 Å². The monoisotopic (exact) mass is 315 g/mol. The summed E-state index contributed by atoms with van der Waals surface area (Å²) in [4.78, 5) is 22.9. The van der Waals surface area contributed by atoms with E-state index in [1.165, 1.54) is 24.3 Å². The Hall–Kier alpha value is -2.05. The first-order valence-corrected chi connectivity index (χ1v) is 6.98. The summed E-state index contributed by atoms with van der Waals surface area (Å²) in [5.74, 6) is -2.89. The van der Waals surface area contributed by atoms with E-state index in [1.54, 1.807) is 0 Å². The van der Waals surface area contributed by atoms with Crippen LogP contribution in [0.25, 0.3) is 0 Å². The van der Waals surface area contributed by atoms with Gasteiger partial charge in [0.05, 0.1) is 11.5 Å². The normalized spacial score (nSPS) is 22.1. The number of benzene rings is 1. The van der Waals surface area contributed by atoms with Crippen LogP contribution in [0.5, 0.6) is 0 Å². The number of rotatable bonds is 3. The van der Waals surface area contributed by atoms with Crippen molar-refractivity contribution in [3.05, 3.63) is 35.4 Å². The molecule has 120 valence electrons. The molecule has 0 atom stereocenters. The molecule has 1 aromatic rings. The molecule has 0 radical (unpaired) electrons. The van der Waals surface area contributed by atoms with E-state index < -0.39 is 24.0 Å². The summed E-state index contributed by atoms with van der Waals surface area (Å²) in [7, 11) is 0. The van der Waals surface area contributed by atoms with Gasteiger partial charge in [-0.1, -0.05) is 6.07 Å². The number of amides is 1. The highest BCUT2D eigenvalue weighted by molar-refractivity contribution is 5.97. The maximum absolute atomic E-state index is 12.6. The lowest BCUT2D eigenvalue weighted by atomic mass is 9.85. The molecule has 0 aromatic heterocycles. The van der Waals surface area contributed by atoms with Gasteiger partial charge in [0.15, 0.2) is 0 Å². The summed E-state index contributed by atoms with van der Waals surface area (Å²) in [5, 5.41) is 11.6. The quantitative estimate of drug-likeness (QED) is 0.900. The molecular weight excluding hydrogens is 299 g/mol. The molecule has 1 amide bonds. The molecule has 1 saturated carbocycles. The molecule has 0 aliphatic heterocycles. The van der Waals surface area contributed by atoms with Crippen LogP contribution in [0.4, 0.5) is 13.2 Å². The van der Waals surface area contributed by atoms with Crippen LogP contribution in [0.1, 0.15) is 46.4 Å². The molecule has 22 heavy (non-hydrogen) atoms. The Bertz CT molecular complexity index is 563. The van der Waals surface area contributed by atoms with Crippen LogP contribution in [0, 0.1) is 5.92 Å². The van der Waals surface area contributed by atoms with Crippen molar-refractivity contribution < 1.29 is 27.9 Å². The molecule has 1 fully saturated rings. The maximum atomic E-state index is 12.6. The number of hydrogen-bond acceptors (Lipinski definition) is 2. The zero-order chi connectivity index (χ0) is 16.3. The van der Waals surface area contributed by atoms with Crippen molar-refractivity contribution in [1.82, 2.24) is 5.32 Å². The number of halogens is 3. The first kappa shape index (κ1) is 16.3. The van der Waals surface area contributed by atoms with Crippen LogP contribution in [0.2, 0.25) is 0 Å². The van der Waals surface area contributed by atoms with Gasteiger partial charge in [0.1, 0.15) is 0 Å². The average Bonchev–Trinajstić information content (AvgIpc) is 2.47. The van der Waals surface area contributed by atoms with E-state index in [-0.39, 0.29) is 42.9 Å². The topological polar surface area (TPSA) is 66.4 Å². The van der Waals surface area contributed by atoms with Crippen LogP contribution < -0.4 is 5.32 Å². The Kier molecular flexibility index (Phi) is 4.73. The predicted octanol–water partition coefficient (Wildman–Crippen LogP) is 3.24. The number of nitrogens with one attached hydrogen (secondary N) is 1. The largest absolute Gasteiger partial charge is 0.478 e. The molecule has 0 bridgehead atoms. The molecule has 2 N–H and O–H groups in total. The summed E-state index contributed by atoms with van der Waals surface area (Å²) in [6.07, 6.45) is -3.62. The molecule has 7 heteroatoms. The molecule has 2 rings (SSSR count). The van der Waals surface area contributed by atoms with Crippen molar-refractivity contribution >= 4 is 11.9 Å². The average molecular weight is 315 g/mol. The van der Waals surface area contributed by atoms with E-state index in [0.29, 0.717) is 0 Å². The highest BCUT2D eigenvalue weighted by atomic mass is 19.4. The molecule has 4 nitrogen and oxygen atoms in total. The third kappa shape index (κ3) is 3.99. The molecule has 1 aliphatic rings. The summed E-state index contributed by atoms with van der Waals surface area (Å²) >= 11 is 0. The summed E-state index contributed by atoms with van der Waals surface area (Å²) in [5.41, 5.74) is 0.186. The van der Waals surface area contributed by atoms with E-state index in [1.807, 2.05) is 0 Å². The highest BCUT2D eigenvalue weighted by Crippen LogP contribution is 2.37. The second kappa shape index (κ2) is 6.37. The minimum absolute atomic E-state index is 0.00358. The molecule has 0 unspecified atom stereocenters. The Labute approximate surface area is 125 Å². The lowest BCUT2D eigenvalue weighted by molar-refractivity contribution is -0.182. The minimum atomic E-state index is -4.18. The number of carbonyl (C=O) groups is 2. The molecule has 0 heterocycles. The van der Waals surface area contributed by atoms with Crippen molar-refractivity contribution in [3.63, 3.8) is 0 Å². The van der Waals surface area contributed by atoms with Crippen LogP contribution in [-0.2, 0) is 0 Å². The van der Waals surface area contributed by atoms with Crippen molar-refractivity contribution in [2.45, 2.75) is 37.9 Å². The number of aromatic carboxylic acids is 1. The minimum Gasteiger partial charge on any atom is -0.478 e. The van der Waals surface area contributed by atoms with E-state index in [9.17, 15) is 22.8 Å². The number of alkyl halides is 3. The molecule has 0 spiro atoms. The van der Waals surface area contributed by atoms with Crippen LogP contribution >= 0.6 is 0 Å². The predicted molar refractivity (Wildman–Crippen MR) is 72.7 cm³/mol. The van der Waals surface area contributed by atoms with Gasteiger partial charge in [0.2, 0.25) is 0 Å². The first-order valence-electron chi connectivity index (χ1n) is 6.98. The molecular formula is C15H16F3NO3. The SMILES string of the molecule is O=C(O)c1cccc(C(=O)NC2CCC(C(F)(F)F)CC2)c1. The third-order valence-corrected chi connectivity index (χ3v) is 3.90. The maximum Gasteiger partial charge on any atom is 0.391 e. The zero-order valence-electron chi connectivity index (χ0n) is 11.7. The smallest absolute Gasteiger partial charge is 0.391 e. The number of carboxylic acid groups (broad SMARTS) is 1. The fraction of sp³-hybridized carbons (Fsp3) is 0.467. The first-order chi connectivity index (χ1) is 10.3. The second-order valence-electron chi connectivity index (χ2n) is 5.45. The standard InChI is InChI=1S/C15H16F3NO3/c16-15(17,18)11-4-6-12(7-5-11)19-13(20)9-2-1-3-10(8-9)14(21)22/h1-3,8,11-12H,4-7H2,(H,19,20)(H,21,22). The van der Waals surface area contributed by atoms with Crippen LogP contribution in [-0.4, -0.2) is 29.2 Å². The van der Waals surface area contributed by atoms with Gasteiger partial charge in [-0.05, 0) is 43.9 Å². The van der Waals surface area contributed by atoms with Gasteiger partial charge in [-0.2, -0.15) is 13.2 Å². The Morgan fingerprint density at radius 3 is 2.23 bits per heavy atom. The van der Waals surface area contributed by atoms with Gasteiger partial charge < -0.3 is 10.4 Å². The van der Waals surface area contributed by atoms with Crippen LogP contribution in [0.3, 0.4) is 0 Å². The van der Waals surface area contributed by atoms with E-state index >= 15 is 0 Å². The van der Waals surface area contributed by atoms with Crippen molar-refractivity contribution in [1.29, 1.82) is 0 Å². The Balaban J connectivity index is 1.94. The van der Waals surface area contributed by atoms with E-state index in [4.69, 9.17) is 5.11 Å². The number of hydrogen-bond donors (Lipinski definition) is 2. The van der Waals surface area contributed by atoms with Gasteiger partial charge in [0, 0.05) is 11.6 Å². The van der Waals surface area contributed by atoms with E-state index in [2.05, 4.69) is 5.32 Å². The zero-order valence-corrected chi connectivity index (χ0v) is 11.7. The molecule has 1 aromatic carbocycles. The van der Waals surface area contributed by atoms with Crippen molar-refractivity contribution in [3.8, 4) is 0 Å². The summed E-state index contributed by atoms with van der Waals surface area (Å²) in [6, 6.07) is 5.24. The fourth-order valence-electron chi connectivity index (χ4n) is 2.63. The third-order valence-electron chi connectivity index (χ3n) is 3.90. The lowest BCUT2D eigenvalue weighted by Gasteiger charge is -2.30. The van der Waals surface area contributed by atoms with Crippen LogP contribution in [0.15, 0.2) is 24.3 Å². The van der Waals surface area contributed by atoms with Gasteiger partial charge in [-0.15, -0.1) is 0 Å². The van der Waals surface area contributed by atoms with E-state index in [0.717, 1.165) is 0 Å². The lowest BCUT2D eigenvalue weighted by Crippen LogP contribution is -2.40. The van der Waals surface area contributed by atoms with Gasteiger partial charge in [0.25, 0.3) is 5.91 Å². The Morgan fingerprint density at radius 1 is 1.09 bits per heavy atom. The highest BCUT2D eigenvalue weighted by Gasteiger charge is 2.41. The molecule has 1 aliphatic carbocycles. The number of carbonyl (C=O) groups excluding carboxylic acids is 1. The number of carboxylic acids is 1. The van der Waals surface area contributed by atoms with Gasteiger partial charge in [-0.3, -0.25) is 4.79 Å². The molecule has 0 saturated heterocycles. The van der Waals surface area contributed by atoms with Gasteiger partial charge in [-0.25, -0.2) is 4.79 Å². The van der Waals surface area contributed by atoms with Crippen molar-refractivity contribution in [2.24, 2.45) is 5.92 Å². The second-order valence-corrected chi connectivity index (χ2v) is 5.45. The summed E-state index contributed by atoms with van der Waals surface area (Å²) < 4.78 is 37.7. The Morgan fingerprint density at radius 2 is 1.68 bits per heavy atom.